The van der Waals surface area contributed by atoms with E-state index >= 15 is 0 Å². The predicted molar refractivity (Wildman–Crippen MR) is 83.5 cm³/mol. The summed E-state index contributed by atoms with van der Waals surface area (Å²) in [5, 5.41) is 5.00. The molecule has 6 heteroatoms. The first-order valence-electron chi connectivity index (χ1n) is 6.29. The van der Waals surface area contributed by atoms with E-state index in [-0.39, 0.29) is 12.5 Å². The molecule has 108 valence electrons. The Morgan fingerprint density at radius 2 is 1.90 bits per heavy atom. The largest absolute Gasteiger partial charge is 0.305 e. The van der Waals surface area contributed by atoms with Crippen molar-refractivity contribution in [1.29, 1.82) is 0 Å². The average Bonchev–Trinajstić information content (AvgIpc) is 2.48. The average molecular weight is 323 g/mol. The summed E-state index contributed by atoms with van der Waals surface area (Å²) in [6.45, 7) is 1.99. The number of pyridine rings is 1. The van der Waals surface area contributed by atoms with Crippen LogP contribution in [-0.2, 0) is 11.3 Å². The van der Waals surface area contributed by atoms with Crippen LogP contribution in [0.2, 0.25) is 10.0 Å². The van der Waals surface area contributed by atoms with Crippen LogP contribution >= 0.6 is 23.2 Å². The van der Waals surface area contributed by atoms with E-state index in [1.807, 2.05) is 30.6 Å². The molecule has 21 heavy (non-hydrogen) atoms. The first-order valence-corrected chi connectivity index (χ1v) is 7.04. The number of carbonyl (C=O) groups is 1. The first-order chi connectivity index (χ1) is 10.1. The highest BCUT2D eigenvalue weighted by atomic mass is 35.5. The van der Waals surface area contributed by atoms with Gasteiger partial charge in [0.05, 0.1) is 15.8 Å². The Morgan fingerprint density at radius 3 is 2.57 bits per heavy atom. The third-order valence-corrected chi connectivity index (χ3v) is 3.53. The van der Waals surface area contributed by atoms with Gasteiger partial charge in [-0.05, 0) is 24.6 Å². The van der Waals surface area contributed by atoms with Gasteiger partial charge in [0.25, 0.3) is 0 Å². The maximum absolute atomic E-state index is 11.8. The van der Waals surface area contributed by atoms with Gasteiger partial charge in [-0.25, -0.2) is 5.43 Å². The second-order valence-corrected chi connectivity index (χ2v) is 5.22. The topological polar surface area (TPSA) is 45.3 Å². The van der Waals surface area contributed by atoms with E-state index in [0.717, 1.165) is 5.56 Å². The molecule has 2 aromatic rings. The third kappa shape index (κ3) is 4.55. The third-order valence-electron chi connectivity index (χ3n) is 2.79. The van der Waals surface area contributed by atoms with Crippen LogP contribution < -0.4 is 9.99 Å². The van der Waals surface area contributed by atoms with Crippen molar-refractivity contribution in [3.05, 3.63) is 64.4 Å². The van der Waals surface area contributed by atoms with E-state index in [2.05, 4.69) is 10.5 Å². The molecule has 2 rings (SSSR count). The summed E-state index contributed by atoms with van der Waals surface area (Å²) in [5.41, 5.74) is 3.97. The number of aromatic nitrogens is 1. The van der Waals surface area contributed by atoms with Crippen LogP contribution in [0.1, 0.15) is 12.5 Å². The number of benzene rings is 1. The highest BCUT2D eigenvalue weighted by Gasteiger charge is 2.08. The first kappa shape index (κ1) is 15.5. The Balaban J connectivity index is 1.99. The summed E-state index contributed by atoms with van der Waals surface area (Å²) >= 11 is 11.8. The van der Waals surface area contributed by atoms with E-state index in [9.17, 15) is 4.79 Å². The van der Waals surface area contributed by atoms with Crippen molar-refractivity contribution in [2.75, 3.05) is 0 Å². The lowest BCUT2D eigenvalue weighted by Crippen LogP contribution is -2.41. The van der Waals surface area contributed by atoms with Crippen molar-refractivity contribution < 1.29 is 9.36 Å². The van der Waals surface area contributed by atoms with Gasteiger partial charge >= 0.3 is 5.91 Å². The van der Waals surface area contributed by atoms with Gasteiger partial charge in [-0.3, -0.25) is 4.79 Å². The molecule has 0 aliphatic rings. The van der Waals surface area contributed by atoms with Crippen molar-refractivity contribution >= 4 is 34.8 Å². The van der Waals surface area contributed by atoms with Crippen LogP contribution in [0.15, 0.2) is 53.9 Å². The maximum Gasteiger partial charge on any atom is 0.305 e. The number of rotatable bonds is 4. The molecule has 1 amide bonds. The minimum absolute atomic E-state index is 0.203. The molecule has 0 spiro atoms. The summed E-state index contributed by atoms with van der Waals surface area (Å²) in [6.07, 6.45) is 3.63. The molecule has 1 N–H and O–H groups in total. The number of carbonyl (C=O) groups excluding carboxylic acids is 1. The fraction of sp³-hybridized carbons (Fsp3) is 0.133. The standard InChI is InChI=1S/C15H13Cl2N3O/c1-11(12-5-6-13(16)14(17)9-12)18-19-15(21)10-20-7-3-2-4-8-20/h2-9H,10H2,1H3/p+1. The number of hydrogen-bond donors (Lipinski definition) is 1. The number of amides is 1. The maximum atomic E-state index is 11.8. The monoisotopic (exact) mass is 322 g/mol. The highest BCUT2D eigenvalue weighted by molar-refractivity contribution is 6.42. The Hall–Kier alpha value is -1.91. The van der Waals surface area contributed by atoms with E-state index in [0.29, 0.717) is 15.8 Å². The van der Waals surface area contributed by atoms with E-state index < -0.39 is 0 Å². The molecule has 0 bridgehead atoms. The van der Waals surface area contributed by atoms with Crippen LogP contribution in [0.4, 0.5) is 0 Å². The van der Waals surface area contributed by atoms with E-state index in [1.165, 1.54) is 0 Å². The van der Waals surface area contributed by atoms with Gasteiger partial charge in [-0.2, -0.15) is 9.67 Å². The number of hydrogen-bond acceptors (Lipinski definition) is 2. The van der Waals surface area contributed by atoms with Crippen LogP contribution in [-0.4, -0.2) is 11.6 Å². The molecule has 0 radical (unpaired) electrons. The van der Waals surface area contributed by atoms with Gasteiger partial charge in [-0.1, -0.05) is 35.3 Å². The molecule has 1 aromatic heterocycles. The summed E-state index contributed by atoms with van der Waals surface area (Å²) in [4.78, 5) is 11.8. The lowest BCUT2D eigenvalue weighted by atomic mass is 10.1. The van der Waals surface area contributed by atoms with Gasteiger partial charge in [0.2, 0.25) is 6.54 Å². The number of nitrogens with zero attached hydrogens (tertiary/aromatic N) is 2. The zero-order valence-corrected chi connectivity index (χ0v) is 12.9. The molecule has 0 saturated carbocycles. The fourth-order valence-electron chi connectivity index (χ4n) is 1.67. The summed E-state index contributed by atoms with van der Waals surface area (Å²) in [5.74, 6) is -0.203. The van der Waals surface area contributed by atoms with Gasteiger partial charge < -0.3 is 0 Å². The molecular formula is C15H14Cl2N3O+. The molecule has 0 fully saturated rings. The zero-order chi connectivity index (χ0) is 15.2. The van der Waals surface area contributed by atoms with Gasteiger partial charge in [0.15, 0.2) is 12.4 Å². The summed E-state index contributed by atoms with van der Waals surface area (Å²) in [7, 11) is 0. The lowest BCUT2D eigenvalue weighted by molar-refractivity contribution is -0.684. The lowest BCUT2D eigenvalue weighted by Gasteiger charge is -2.03. The minimum Gasteiger partial charge on any atom is -0.266 e. The molecule has 0 saturated heterocycles. The smallest absolute Gasteiger partial charge is 0.266 e. The van der Waals surface area contributed by atoms with E-state index in [1.54, 1.807) is 29.7 Å². The Morgan fingerprint density at radius 1 is 1.19 bits per heavy atom. The van der Waals surface area contributed by atoms with Crippen molar-refractivity contribution in [3.63, 3.8) is 0 Å². The minimum atomic E-state index is -0.203. The van der Waals surface area contributed by atoms with Gasteiger partial charge in [0.1, 0.15) is 0 Å². The molecule has 0 aliphatic carbocycles. The number of halogens is 2. The summed E-state index contributed by atoms with van der Waals surface area (Å²) in [6, 6.07) is 10.8. The Kier molecular flexibility index (Phi) is 5.31. The molecule has 0 unspecified atom stereocenters. The fourth-order valence-corrected chi connectivity index (χ4v) is 1.97. The molecule has 0 aliphatic heterocycles. The van der Waals surface area contributed by atoms with Crippen molar-refractivity contribution in [1.82, 2.24) is 5.43 Å². The van der Waals surface area contributed by atoms with Crippen LogP contribution in [0.25, 0.3) is 0 Å². The summed E-state index contributed by atoms with van der Waals surface area (Å²) < 4.78 is 1.76. The van der Waals surface area contributed by atoms with Gasteiger partial charge in [-0.15, -0.1) is 0 Å². The van der Waals surface area contributed by atoms with Gasteiger partial charge in [0, 0.05) is 12.1 Å². The second-order valence-electron chi connectivity index (χ2n) is 4.41. The zero-order valence-electron chi connectivity index (χ0n) is 11.4. The van der Waals surface area contributed by atoms with Crippen molar-refractivity contribution in [2.24, 2.45) is 5.10 Å². The van der Waals surface area contributed by atoms with Crippen LogP contribution in [0.5, 0.6) is 0 Å². The normalized spacial score (nSPS) is 11.3. The van der Waals surface area contributed by atoms with Crippen molar-refractivity contribution in [3.8, 4) is 0 Å². The molecule has 1 heterocycles. The number of nitrogens with one attached hydrogen (secondary N) is 1. The van der Waals surface area contributed by atoms with Crippen LogP contribution in [0.3, 0.4) is 0 Å². The SMILES string of the molecule is CC(=NNC(=O)C[n+]1ccccc1)c1ccc(Cl)c(Cl)c1. The Labute approximate surface area is 133 Å². The highest BCUT2D eigenvalue weighted by Crippen LogP contribution is 2.22. The quantitative estimate of drug-likeness (QED) is 0.525. The second kappa shape index (κ2) is 7.20. The molecule has 4 nitrogen and oxygen atoms in total. The Bertz CT molecular complexity index is 672. The number of hydrazone groups is 1. The predicted octanol–water partition coefficient (Wildman–Crippen LogP) is 2.82. The van der Waals surface area contributed by atoms with Crippen LogP contribution in [0, 0.1) is 0 Å². The molecule has 0 atom stereocenters. The van der Waals surface area contributed by atoms with E-state index in [4.69, 9.17) is 23.2 Å². The molecular weight excluding hydrogens is 309 g/mol. The van der Waals surface area contributed by atoms with Crippen molar-refractivity contribution in [2.45, 2.75) is 13.5 Å². The molecule has 1 aromatic carbocycles.